The van der Waals surface area contributed by atoms with E-state index in [0.717, 1.165) is 0 Å². The molecule has 0 radical (unpaired) electrons. The lowest BCUT2D eigenvalue weighted by Gasteiger charge is -2.39. The lowest BCUT2D eigenvalue weighted by Crippen LogP contribution is -2.57. The van der Waals surface area contributed by atoms with Crippen LogP contribution in [0, 0.1) is 11.8 Å². The number of aliphatic hydroxyl groups is 1. The van der Waals surface area contributed by atoms with Crippen LogP contribution in [-0.4, -0.2) is 65.3 Å². The largest absolute Gasteiger partial charge is 0.466 e. The lowest BCUT2D eigenvalue weighted by molar-refractivity contribution is -0.155. The van der Waals surface area contributed by atoms with E-state index in [2.05, 4.69) is 6.58 Å². The summed E-state index contributed by atoms with van der Waals surface area (Å²) in [4.78, 5) is 44.8. The maximum Gasteiger partial charge on any atom is 0.312 e. The third kappa shape index (κ3) is 4.11. The highest BCUT2D eigenvalue weighted by molar-refractivity contribution is 6.30. The molecule has 1 N–H and O–H groups in total. The van der Waals surface area contributed by atoms with Crippen LogP contribution in [0.1, 0.15) is 31.4 Å². The average molecular weight is 539 g/mol. The predicted octanol–water partition coefficient (Wildman–Crippen LogP) is 3.53. The molecule has 200 valence electrons. The van der Waals surface area contributed by atoms with Crippen molar-refractivity contribution in [3.05, 3.63) is 77.8 Å². The van der Waals surface area contributed by atoms with E-state index in [9.17, 15) is 19.5 Å². The second-order valence-electron chi connectivity index (χ2n) is 9.88. The zero-order chi connectivity index (χ0) is 27.0. The zero-order valence-electron chi connectivity index (χ0n) is 21.2. The minimum atomic E-state index is -1.22. The fourth-order valence-electron chi connectivity index (χ4n) is 6.46. The van der Waals surface area contributed by atoms with Crippen LogP contribution in [0.2, 0.25) is 5.02 Å². The van der Waals surface area contributed by atoms with Gasteiger partial charge in [-0.1, -0.05) is 48.0 Å². The van der Waals surface area contributed by atoms with Gasteiger partial charge < -0.3 is 24.4 Å². The summed E-state index contributed by atoms with van der Waals surface area (Å²) in [6, 6.07) is 14.0. The van der Waals surface area contributed by atoms with Gasteiger partial charge in [0.2, 0.25) is 5.91 Å². The Labute approximate surface area is 226 Å². The first-order valence-corrected chi connectivity index (χ1v) is 13.3. The van der Waals surface area contributed by atoms with E-state index >= 15 is 0 Å². The molecular formula is C29H31ClN2O6. The molecule has 3 fully saturated rings. The maximum absolute atomic E-state index is 14.5. The predicted molar refractivity (Wildman–Crippen MR) is 141 cm³/mol. The molecule has 9 heteroatoms. The van der Waals surface area contributed by atoms with E-state index < -0.39 is 48.2 Å². The number of halogens is 1. The summed E-state index contributed by atoms with van der Waals surface area (Å²) in [7, 11) is 0. The molecule has 6 atom stereocenters. The van der Waals surface area contributed by atoms with Crippen molar-refractivity contribution < 1.29 is 29.0 Å². The molecule has 2 bridgehead atoms. The SMILES string of the molecule is C=CCN(C(=O)C1N([C@H](CO)c2ccccc2)C(=O)[C@@H]2[C@H](C(=O)OCC)[C@@H]3CCC12O3)c1ccc(Cl)cc1. The molecule has 3 heterocycles. The molecule has 3 aliphatic rings. The van der Waals surface area contributed by atoms with Gasteiger partial charge in [0.15, 0.2) is 0 Å². The second-order valence-corrected chi connectivity index (χ2v) is 10.3. The van der Waals surface area contributed by atoms with Crippen LogP contribution in [0.4, 0.5) is 5.69 Å². The molecule has 5 rings (SSSR count). The molecule has 2 aromatic rings. The van der Waals surface area contributed by atoms with Gasteiger partial charge >= 0.3 is 5.97 Å². The Morgan fingerprint density at radius 1 is 1.26 bits per heavy atom. The second kappa shape index (κ2) is 10.5. The van der Waals surface area contributed by atoms with Crippen LogP contribution in [0.15, 0.2) is 67.3 Å². The molecule has 3 aliphatic heterocycles. The van der Waals surface area contributed by atoms with Crippen LogP contribution in [-0.2, 0) is 23.9 Å². The van der Waals surface area contributed by atoms with Crippen molar-refractivity contribution in [3.8, 4) is 0 Å². The Kier molecular flexibility index (Phi) is 7.31. The first kappa shape index (κ1) is 26.4. The minimum Gasteiger partial charge on any atom is -0.466 e. The molecule has 0 aromatic heterocycles. The molecule has 3 saturated heterocycles. The molecular weight excluding hydrogens is 508 g/mol. The van der Waals surface area contributed by atoms with Gasteiger partial charge in [-0.05, 0) is 49.6 Å². The molecule has 2 amide bonds. The van der Waals surface area contributed by atoms with Crippen LogP contribution in [0.25, 0.3) is 0 Å². The number of esters is 1. The Bertz CT molecular complexity index is 1220. The average Bonchev–Trinajstić information content (AvgIpc) is 3.57. The van der Waals surface area contributed by atoms with Gasteiger partial charge in [-0.2, -0.15) is 0 Å². The number of carbonyl (C=O) groups excluding carboxylic acids is 3. The fraction of sp³-hybridized carbons (Fsp3) is 0.414. The molecule has 8 nitrogen and oxygen atoms in total. The quantitative estimate of drug-likeness (QED) is 0.387. The molecule has 0 aliphatic carbocycles. The number of carbonyl (C=O) groups is 3. The number of fused-ring (bicyclic) bond motifs is 1. The van der Waals surface area contributed by atoms with Crippen LogP contribution < -0.4 is 4.90 Å². The number of benzene rings is 2. The number of aliphatic hydroxyl groups excluding tert-OH is 1. The summed E-state index contributed by atoms with van der Waals surface area (Å²) >= 11 is 6.10. The number of anilines is 1. The van der Waals surface area contributed by atoms with Gasteiger partial charge in [0.25, 0.3) is 5.91 Å². The molecule has 2 unspecified atom stereocenters. The van der Waals surface area contributed by atoms with E-state index in [1.54, 1.807) is 42.2 Å². The smallest absolute Gasteiger partial charge is 0.312 e. The number of nitrogens with zero attached hydrogens (tertiary/aromatic N) is 2. The molecule has 38 heavy (non-hydrogen) atoms. The highest BCUT2D eigenvalue weighted by Crippen LogP contribution is 2.60. The number of rotatable bonds is 9. The van der Waals surface area contributed by atoms with Crippen molar-refractivity contribution in [1.82, 2.24) is 4.90 Å². The molecule has 0 saturated carbocycles. The summed E-state index contributed by atoms with van der Waals surface area (Å²) < 4.78 is 11.8. The van der Waals surface area contributed by atoms with E-state index in [0.29, 0.717) is 29.1 Å². The third-order valence-electron chi connectivity index (χ3n) is 7.94. The van der Waals surface area contributed by atoms with Crippen molar-refractivity contribution >= 4 is 35.1 Å². The Balaban J connectivity index is 1.64. The van der Waals surface area contributed by atoms with Crippen LogP contribution in [0.5, 0.6) is 0 Å². The van der Waals surface area contributed by atoms with Gasteiger partial charge in [0, 0.05) is 17.3 Å². The van der Waals surface area contributed by atoms with Crippen molar-refractivity contribution in [2.45, 2.75) is 43.6 Å². The third-order valence-corrected chi connectivity index (χ3v) is 8.19. The van der Waals surface area contributed by atoms with Crippen molar-refractivity contribution in [1.29, 1.82) is 0 Å². The van der Waals surface area contributed by atoms with Crippen molar-refractivity contribution in [2.75, 3.05) is 24.7 Å². The zero-order valence-corrected chi connectivity index (χ0v) is 21.9. The van der Waals surface area contributed by atoms with Gasteiger partial charge in [-0.15, -0.1) is 6.58 Å². The topological polar surface area (TPSA) is 96.4 Å². The van der Waals surface area contributed by atoms with Gasteiger partial charge in [0.05, 0.1) is 37.2 Å². The van der Waals surface area contributed by atoms with Crippen molar-refractivity contribution in [2.24, 2.45) is 11.8 Å². The summed E-state index contributed by atoms with van der Waals surface area (Å²) in [5.41, 5.74) is 0.0485. The Morgan fingerprint density at radius 3 is 2.61 bits per heavy atom. The highest BCUT2D eigenvalue weighted by atomic mass is 35.5. The summed E-state index contributed by atoms with van der Waals surface area (Å²) in [5, 5.41) is 11.1. The first-order valence-electron chi connectivity index (χ1n) is 12.9. The number of amides is 2. The molecule has 2 aromatic carbocycles. The minimum absolute atomic E-state index is 0.176. The van der Waals surface area contributed by atoms with Gasteiger partial charge in [-0.25, -0.2) is 0 Å². The summed E-state index contributed by atoms with van der Waals surface area (Å²) in [6.45, 7) is 5.49. The van der Waals surface area contributed by atoms with Gasteiger partial charge in [0.1, 0.15) is 11.6 Å². The lowest BCUT2D eigenvalue weighted by atomic mass is 9.70. The Hall–Kier alpha value is -3.20. The van der Waals surface area contributed by atoms with Gasteiger partial charge in [-0.3, -0.25) is 14.4 Å². The standard InChI is InChI=1S/C29H31ClN2O6/c1-3-16-31(20-12-10-19(30)11-13-20)27(35)25-29-15-14-22(38-29)23(28(36)37-4-2)24(29)26(34)32(25)21(17-33)18-8-6-5-7-9-18/h3,5-13,21-25,33H,1,4,14-17H2,2H3/t21-,22+,23-,24+,25?,29?/m1/s1. The summed E-state index contributed by atoms with van der Waals surface area (Å²) in [5.74, 6) is -2.95. The highest BCUT2D eigenvalue weighted by Gasteiger charge is 2.75. The number of likely N-dealkylation sites (tertiary alicyclic amines) is 1. The van der Waals surface area contributed by atoms with Crippen molar-refractivity contribution in [3.63, 3.8) is 0 Å². The Morgan fingerprint density at radius 2 is 1.97 bits per heavy atom. The summed E-state index contributed by atoms with van der Waals surface area (Å²) in [6.07, 6.45) is 2.07. The van der Waals surface area contributed by atoms with Crippen LogP contribution in [0.3, 0.4) is 0 Å². The number of ether oxygens (including phenoxy) is 2. The molecule has 1 spiro atoms. The van der Waals surface area contributed by atoms with Crippen LogP contribution >= 0.6 is 11.6 Å². The first-order chi connectivity index (χ1) is 18.4. The maximum atomic E-state index is 14.5. The normalized spacial score (nSPS) is 28.2. The number of hydrogen-bond donors (Lipinski definition) is 1. The van der Waals surface area contributed by atoms with E-state index in [1.165, 1.54) is 4.90 Å². The fourth-order valence-corrected chi connectivity index (χ4v) is 6.59. The monoisotopic (exact) mass is 538 g/mol. The number of hydrogen-bond acceptors (Lipinski definition) is 6. The van der Waals surface area contributed by atoms with E-state index in [4.69, 9.17) is 21.1 Å². The van der Waals surface area contributed by atoms with E-state index in [1.807, 2.05) is 30.3 Å². The van der Waals surface area contributed by atoms with E-state index in [-0.39, 0.29) is 25.0 Å².